The fourth-order valence-electron chi connectivity index (χ4n) is 3.24. The molecule has 0 spiro atoms. The molecule has 1 aliphatic heterocycles. The first-order chi connectivity index (χ1) is 11.6. The third kappa shape index (κ3) is 4.13. The highest BCUT2D eigenvalue weighted by atomic mass is 35.5. The van der Waals surface area contributed by atoms with Gasteiger partial charge in [0, 0.05) is 11.4 Å². The van der Waals surface area contributed by atoms with Crippen LogP contribution in [0.4, 0.5) is 5.69 Å². The van der Waals surface area contributed by atoms with Crippen LogP contribution in [0.1, 0.15) is 36.5 Å². The van der Waals surface area contributed by atoms with Crippen molar-refractivity contribution in [3.63, 3.8) is 0 Å². The molecule has 0 aromatic heterocycles. The molecule has 3 rings (SSSR count). The third-order valence-electron chi connectivity index (χ3n) is 4.42. The molecule has 4 nitrogen and oxygen atoms in total. The third-order valence-corrected chi connectivity index (χ3v) is 4.78. The van der Waals surface area contributed by atoms with Crippen LogP contribution in [-0.2, 0) is 11.2 Å². The van der Waals surface area contributed by atoms with Crippen LogP contribution in [0.25, 0.3) is 0 Å². The summed E-state index contributed by atoms with van der Waals surface area (Å²) < 4.78 is 6.17. The number of benzene rings is 2. The van der Waals surface area contributed by atoms with Gasteiger partial charge in [-0.3, -0.25) is 10.1 Å². The Kier molecular flexibility index (Phi) is 5.48. The smallest absolute Gasteiger partial charge is 0.275 e. The first kappa shape index (κ1) is 16.9. The van der Waals surface area contributed by atoms with Crippen molar-refractivity contribution in [3.05, 3.63) is 75.8 Å². The van der Waals surface area contributed by atoms with E-state index in [-0.39, 0.29) is 28.2 Å². The van der Waals surface area contributed by atoms with E-state index >= 15 is 0 Å². The SMILES string of the molecule is O=[N+]([O-])c1ccccc1[C@H]1C[C@@H](Cl)C[C@@H](CCc2ccccc2)O1. The molecule has 126 valence electrons. The molecule has 1 fully saturated rings. The minimum Gasteiger partial charge on any atom is -0.370 e. The van der Waals surface area contributed by atoms with Crippen LogP contribution in [0.5, 0.6) is 0 Å². The Labute approximate surface area is 146 Å². The Bertz CT molecular complexity index is 692. The van der Waals surface area contributed by atoms with Gasteiger partial charge < -0.3 is 4.74 Å². The number of nitro benzene ring substituents is 1. The molecule has 0 N–H and O–H groups in total. The van der Waals surface area contributed by atoms with Gasteiger partial charge in [0.2, 0.25) is 0 Å². The van der Waals surface area contributed by atoms with Gasteiger partial charge in [-0.25, -0.2) is 0 Å². The number of rotatable bonds is 5. The fraction of sp³-hybridized carbons (Fsp3) is 0.368. The van der Waals surface area contributed by atoms with E-state index in [4.69, 9.17) is 16.3 Å². The molecule has 5 heteroatoms. The Morgan fingerprint density at radius 1 is 1.08 bits per heavy atom. The van der Waals surface area contributed by atoms with Gasteiger partial charge in [0.05, 0.1) is 22.7 Å². The minimum atomic E-state index is -0.352. The average molecular weight is 346 g/mol. The van der Waals surface area contributed by atoms with Gasteiger partial charge in [-0.2, -0.15) is 0 Å². The maximum absolute atomic E-state index is 11.3. The molecule has 24 heavy (non-hydrogen) atoms. The van der Waals surface area contributed by atoms with Crippen molar-refractivity contribution in [2.75, 3.05) is 0 Å². The van der Waals surface area contributed by atoms with E-state index in [1.165, 1.54) is 11.6 Å². The normalized spacial score (nSPS) is 23.8. The maximum atomic E-state index is 11.3. The molecule has 1 heterocycles. The summed E-state index contributed by atoms with van der Waals surface area (Å²) in [4.78, 5) is 10.9. The summed E-state index contributed by atoms with van der Waals surface area (Å²) in [6.45, 7) is 0. The van der Waals surface area contributed by atoms with Crippen LogP contribution in [-0.4, -0.2) is 16.4 Å². The number of alkyl halides is 1. The van der Waals surface area contributed by atoms with E-state index in [0.29, 0.717) is 12.0 Å². The molecule has 0 aliphatic carbocycles. The highest BCUT2D eigenvalue weighted by Gasteiger charge is 2.32. The molecule has 2 aromatic rings. The zero-order valence-corrected chi connectivity index (χ0v) is 14.1. The van der Waals surface area contributed by atoms with Gasteiger partial charge in [-0.1, -0.05) is 42.5 Å². The lowest BCUT2D eigenvalue weighted by Crippen LogP contribution is -2.29. The summed E-state index contributed by atoms with van der Waals surface area (Å²) in [5, 5.41) is 11.2. The zero-order valence-electron chi connectivity index (χ0n) is 13.3. The lowest BCUT2D eigenvalue weighted by Gasteiger charge is -2.33. The molecule has 1 saturated heterocycles. The number of halogens is 1. The first-order valence-corrected chi connectivity index (χ1v) is 8.64. The lowest BCUT2D eigenvalue weighted by molar-refractivity contribution is -0.386. The van der Waals surface area contributed by atoms with Crippen molar-refractivity contribution in [1.82, 2.24) is 0 Å². The standard InChI is InChI=1S/C19H20ClNO3/c20-15-12-16(11-10-14-6-2-1-3-7-14)24-19(13-15)17-8-4-5-9-18(17)21(22)23/h1-9,15-16,19H,10-13H2/t15-,16+,19+/m0/s1. The molecule has 0 radical (unpaired) electrons. The van der Waals surface area contributed by atoms with Crippen LogP contribution < -0.4 is 0 Å². The Morgan fingerprint density at radius 3 is 2.54 bits per heavy atom. The average Bonchev–Trinajstić information content (AvgIpc) is 2.60. The number of nitro groups is 1. The predicted molar refractivity (Wildman–Crippen MR) is 94.3 cm³/mol. The molecule has 2 aromatic carbocycles. The van der Waals surface area contributed by atoms with E-state index in [9.17, 15) is 10.1 Å². The van der Waals surface area contributed by atoms with Crippen molar-refractivity contribution in [1.29, 1.82) is 0 Å². The highest BCUT2D eigenvalue weighted by Crippen LogP contribution is 2.38. The van der Waals surface area contributed by atoms with Gasteiger partial charge in [-0.05, 0) is 37.3 Å². The van der Waals surface area contributed by atoms with Gasteiger partial charge in [0.15, 0.2) is 0 Å². The Morgan fingerprint density at radius 2 is 1.79 bits per heavy atom. The maximum Gasteiger partial charge on any atom is 0.275 e. The summed E-state index contributed by atoms with van der Waals surface area (Å²) >= 11 is 6.42. The second-order valence-electron chi connectivity index (χ2n) is 6.16. The van der Waals surface area contributed by atoms with Crippen molar-refractivity contribution in [2.45, 2.75) is 43.3 Å². The van der Waals surface area contributed by atoms with Crippen LogP contribution in [0.15, 0.2) is 54.6 Å². The Hall–Kier alpha value is -1.91. The molecule has 0 amide bonds. The van der Waals surface area contributed by atoms with E-state index in [1.807, 2.05) is 24.3 Å². The number of para-hydroxylation sites is 1. The molecule has 0 saturated carbocycles. The number of hydrogen-bond donors (Lipinski definition) is 0. The van der Waals surface area contributed by atoms with Crippen molar-refractivity contribution >= 4 is 17.3 Å². The van der Waals surface area contributed by atoms with Crippen LogP contribution in [0.3, 0.4) is 0 Å². The number of aryl methyl sites for hydroxylation is 1. The number of nitrogens with zero attached hydrogens (tertiary/aromatic N) is 1. The predicted octanol–water partition coefficient (Wildman–Crippen LogP) is 5.06. The summed E-state index contributed by atoms with van der Waals surface area (Å²) in [7, 11) is 0. The van der Waals surface area contributed by atoms with Crippen molar-refractivity contribution < 1.29 is 9.66 Å². The summed E-state index contributed by atoms with van der Waals surface area (Å²) in [6, 6.07) is 17.0. The minimum absolute atomic E-state index is 0.0197. The van der Waals surface area contributed by atoms with E-state index in [0.717, 1.165) is 19.3 Å². The number of ether oxygens (including phenoxy) is 1. The van der Waals surface area contributed by atoms with E-state index in [2.05, 4.69) is 12.1 Å². The van der Waals surface area contributed by atoms with E-state index in [1.54, 1.807) is 12.1 Å². The van der Waals surface area contributed by atoms with Gasteiger partial charge in [-0.15, -0.1) is 11.6 Å². The monoisotopic (exact) mass is 345 g/mol. The first-order valence-electron chi connectivity index (χ1n) is 8.20. The molecular weight excluding hydrogens is 326 g/mol. The van der Waals surface area contributed by atoms with Gasteiger partial charge >= 0.3 is 0 Å². The van der Waals surface area contributed by atoms with E-state index < -0.39 is 0 Å². The van der Waals surface area contributed by atoms with Crippen LogP contribution >= 0.6 is 11.6 Å². The van der Waals surface area contributed by atoms with Crippen molar-refractivity contribution in [2.24, 2.45) is 0 Å². The summed E-state index contributed by atoms with van der Waals surface area (Å²) in [5.41, 5.74) is 1.99. The molecule has 1 aliphatic rings. The topological polar surface area (TPSA) is 52.4 Å². The quantitative estimate of drug-likeness (QED) is 0.432. The molecule has 0 unspecified atom stereocenters. The lowest BCUT2D eigenvalue weighted by atomic mass is 9.94. The number of hydrogen-bond acceptors (Lipinski definition) is 3. The molecular formula is C19H20ClNO3. The van der Waals surface area contributed by atoms with Crippen molar-refractivity contribution in [3.8, 4) is 0 Å². The van der Waals surface area contributed by atoms with Gasteiger partial charge in [0.1, 0.15) is 0 Å². The molecule has 3 atom stereocenters. The second kappa shape index (κ2) is 7.77. The van der Waals surface area contributed by atoms with Crippen LogP contribution in [0.2, 0.25) is 0 Å². The largest absolute Gasteiger partial charge is 0.370 e. The summed E-state index contributed by atoms with van der Waals surface area (Å²) in [5.74, 6) is 0. The second-order valence-corrected chi connectivity index (χ2v) is 6.77. The molecule has 0 bridgehead atoms. The van der Waals surface area contributed by atoms with Crippen LogP contribution in [0, 0.1) is 10.1 Å². The Balaban J connectivity index is 1.71. The highest BCUT2D eigenvalue weighted by molar-refractivity contribution is 6.20. The van der Waals surface area contributed by atoms with Gasteiger partial charge in [0.25, 0.3) is 5.69 Å². The zero-order chi connectivity index (χ0) is 16.9. The fourth-order valence-corrected chi connectivity index (χ4v) is 3.60. The summed E-state index contributed by atoms with van der Waals surface area (Å²) in [6.07, 6.45) is 2.87.